The van der Waals surface area contributed by atoms with E-state index < -0.39 is 17.4 Å². The molecule has 1 aliphatic heterocycles. The maximum Gasteiger partial charge on any atom is 0.310 e. The van der Waals surface area contributed by atoms with Gasteiger partial charge in [0.05, 0.1) is 24.6 Å². The van der Waals surface area contributed by atoms with E-state index in [1.54, 1.807) is 10.9 Å². The number of nitrogens with zero attached hydrogens (tertiary/aromatic N) is 3. The van der Waals surface area contributed by atoms with Gasteiger partial charge in [0.25, 0.3) is 0 Å². The van der Waals surface area contributed by atoms with Crippen LogP contribution in [0.2, 0.25) is 0 Å². The minimum Gasteiger partial charge on any atom is -0.481 e. The number of piperidine rings is 1. The number of carboxylic acids is 2. The zero-order chi connectivity index (χ0) is 16.2. The van der Waals surface area contributed by atoms with E-state index in [0.717, 1.165) is 24.9 Å². The highest BCUT2D eigenvalue weighted by molar-refractivity contribution is 5.75. The number of aliphatic carboxylic acids is 2. The van der Waals surface area contributed by atoms with Crippen molar-refractivity contribution in [1.82, 2.24) is 14.7 Å². The second kappa shape index (κ2) is 6.91. The fourth-order valence-corrected chi connectivity index (χ4v) is 3.06. The Balaban J connectivity index is 1.95. The molecule has 122 valence electrons. The molecule has 2 N–H and O–H groups in total. The molecule has 2 rings (SSSR count). The van der Waals surface area contributed by atoms with Crippen LogP contribution >= 0.6 is 0 Å². The second-order valence-corrected chi connectivity index (χ2v) is 6.01. The van der Waals surface area contributed by atoms with E-state index in [0.29, 0.717) is 26.1 Å². The summed E-state index contributed by atoms with van der Waals surface area (Å²) in [6.07, 6.45) is 5.86. The fourth-order valence-electron chi connectivity index (χ4n) is 3.06. The third kappa shape index (κ3) is 3.85. The smallest absolute Gasteiger partial charge is 0.310 e. The molecule has 0 aromatic carbocycles. The first kappa shape index (κ1) is 16.5. The quantitative estimate of drug-likeness (QED) is 0.791. The summed E-state index contributed by atoms with van der Waals surface area (Å²) in [5.74, 6) is -1.56. The van der Waals surface area contributed by atoms with E-state index in [-0.39, 0.29) is 6.42 Å². The molecule has 0 radical (unpaired) electrons. The topological polar surface area (TPSA) is 95.7 Å². The SMILES string of the molecule is CC[C@@]1(C(=O)O)CCCN(Cc2cnn(CCC(=O)O)c2)C1. The summed E-state index contributed by atoms with van der Waals surface area (Å²) in [4.78, 5) is 24.3. The van der Waals surface area contributed by atoms with Crippen molar-refractivity contribution in [3.05, 3.63) is 18.0 Å². The highest BCUT2D eigenvalue weighted by atomic mass is 16.4. The Bertz CT molecular complexity index is 543. The Kier molecular flexibility index (Phi) is 5.18. The summed E-state index contributed by atoms with van der Waals surface area (Å²) in [5.41, 5.74) is 0.347. The van der Waals surface area contributed by atoms with E-state index in [4.69, 9.17) is 5.11 Å². The monoisotopic (exact) mass is 309 g/mol. The third-order valence-corrected chi connectivity index (χ3v) is 4.43. The van der Waals surface area contributed by atoms with Crippen molar-refractivity contribution in [2.24, 2.45) is 5.41 Å². The van der Waals surface area contributed by atoms with Crippen LogP contribution in [-0.4, -0.2) is 49.9 Å². The number of aryl methyl sites for hydroxylation is 1. The molecule has 1 atom stereocenters. The fraction of sp³-hybridized carbons (Fsp3) is 0.667. The summed E-state index contributed by atoms with van der Waals surface area (Å²) < 4.78 is 1.62. The van der Waals surface area contributed by atoms with Crippen molar-refractivity contribution >= 4 is 11.9 Å². The lowest BCUT2D eigenvalue weighted by atomic mass is 9.77. The van der Waals surface area contributed by atoms with Gasteiger partial charge in [-0.15, -0.1) is 0 Å². The van der Waals surface area contributed by atoms with Crippen molar-refractivity contribution < 1.29 is 19.8 Å². The largest absolute Gasteiger partial charge is 0.481 e. The molecule has 2 heterocycles. The van der Waals surface area contributed by atoms with Crippen LogP contribution in [0.15, 0.2) is 12.4 Å². The lowest BCUT2D eigenvalue weighted by Gasteiger charge is -2.39. The average Bonchev–Trinajstić information content (AvgIpc) is 2.92. The predicted octanol–water partition coefficient (Wildman–Crippen LogP) is 1.43. The minimum absolute atomic E-state index is 0.0444. The van der Waals surface area contributed by atoms with Crippen LogP contribution in [-0.2, 0) is 22.7 Å². The summed E-state index contributed by atoms with van der Waals surface area (Å²) in [5, 5.41) is 22.3. The normalized spacial score (nSPS) is 22.6. The Morgan fingerprint density at radius 3 is 2.82 bits per heavy atom. The molecule has 0 amide bonds. The van der Waals surface area contributed by atoms with Gasteiger partial charge in [0.15, 0.2) is 0 Å². The lowest BCUT2D eigenvalue weighted by Crippen LogP contribution is -2.47. The van der Waals surface area contributed by atoms with Gasteiger partial charge in [0, 0.05) is 24.8 Å². The van der Waals surface area contributed by atoms with Gasteiger partial charge in [-0.2, -0.15) is 5.10 Å². The van der Waals surface area contributed by atoms with Gasteiger partial charge in [-0.05, 0) is 25.8 Å². The van der Waals surface area contributed by atoms with E-state index in [9.17, 15) is 14.7 Å². The number of hydrogen-bond donors (Lipinski definition) is 2. The number of likely N-dealkylation sites (tertiary alicyclic amines) is 1. The number of rotatable bonds is 7. The van der Waals surface area contributed by atoms with Crippen LogP contribution < -0.4 is 0 Å². The first-order valence-electron chi connectivity index (χ1n) is 7.64. The Morgan fingerprint density at radius 1 is 1.41 bits per heavy atom. The van der Waals surface area contributed by atoms with Crippen LogP contribution in [0.3, 0.4) is 0 Å². The number of carboxylic acid groups (broad SMARTS) is 2. The number of hydrogen-bond acceptors (Lipinski definition) is 4. The van der Waals surface area contributed by atoms with Gasteiger partial charge >= 0.3 is 11.9 Å². The first-order chi connectivity index (χ1) is 10.4. The van der Waals surface area contributed by atoms with Crippen LogP contribution in [0.5, 0.6) is 0 Å². The van der Waals surface area contributed by atoms with Gasteiger partial charge in [-0.3, -0.25) is 19.2 Å². The van der Waals surface area contributed by atoms with E-state index in [1.165, 1.54) is 0 Å². The van der Waals surface area contributed by atoms with Crippen LogP contribution in [0, 0.1) is 5.41 Å². The molecule has 1 aromatic heterocycles. The van der Waals surface area contributed by atoms with Crippen LogP contribution in [0.4, 0.5) is 0 Å². The van der Waals surface area contributed by atoms with Gasteiger partial charge in [-0.1, -0.05) is 6.92 Å². The van der Waals surface area contributed by atoms with Gasteiger partial charge in [0.2, 0.25) is 0 Å². The third-order valence-electron chi connectivity index (χ3n) is 4.43. The molecule has 0 aliphatic carbocycles. The summed E-state index contributed by atoms with van der Waals surface area (Å²) in [7, 11) is 0. The van der Waals surface area contributed by atoms with Crippen molar-refractivity contribution in [2.75, 3.05) is 13.1 Å². The molecule has 1 saturated heterocycles. The Labute approximate surface area is 129 Å². The zero-order valence-corrected chi connectivity index (χ0v) is 12.9. The summed E-state index contributed by atoms with van der Waals surface area (Å²) in [6.45, 7) is 4.38. The Morgan fingerprint density at radius 2 is 2.18 bits per heavy atom. The summed E-state index contributed by atoms with van der Waals surface area (Å²) >= 11 is 0. The second-order valence-electron chi connectivity index (χ2n) is 6.01. The minimum atomic E-state index is -0.845. The highest BCUT2D eigenvalue weighted by Crippen LogP contribution is 2.34. The van der Waals surface area contributed by atoms with Gasteiger partial charge in [-0.25, -0.2) is 0 Å². The highest BCUT2D eigenvalue weighted by Gasteiger charge is 2.40. The molecular formula is C15H23N3O4. The average molecular weight is 309 g/mol. The number of carbonyl (C=O) groups is 2. The molecule has 0 saturated carbocycles. The lowest BCUT2D eigenvalue weighted by molar-refractivity contribution is -0.153. The molecule has 0 spiro atoms. The Hall–Kier alpha value is -1.89. The summed E-state index contributed by atoms with van der Waals surface area (Å²) in [6, 6.07) is 0. The molecular weight excluding hydrogens is 286 g/mol. The standard InChI is InChI=1S/C15H23N3O4/c1-2-15(14(21)22)5-3-6-17(11-15)9-12-8-16-18(10-12)7-4-13(19)20/h8,10H,2-7,9,11H2,1H3,(H,19,20)(H,21,22)/t15-/m1/s1. The van der Waals surface area contributed by atoms with Gasteiger partial charge in [0.1, 0.15) is 0 Å². The van der Waals surface area contributed by atoms with Crippen molar-refractivity contribution in [2.45, 2.75) is 45.7 Å². The molecule has 1 aliphatic rings. The maximum atomic E-state index is 11.6. The molecule has 1 aromatic rings. The van der Waals surface area contributed by atoms with E-state index in [1.807, 2.05) is 13.1 Å². The first-order valence-corrected chi connectivity index (χ1v) is 7.64. The van der Waals surface area contributed by atoms with Crippen molar-refractivity contribution in [1.29, 1.82) is 0 Å². The predicted molar refractivity (Wildman–Crippen MR) is 79.4 cm³/mol. The van der Waals surface area contributed by atoms with Crippen LogP contribution in [0.25, 0.3) is 0 Å². The maximum absolute atomic E-state index is 11.6. The van der Waals surface area contributed by atoms with Crippen molar-refractivity contribution in [3.8, 4) is 0 Å². The van der Waals surface area contributed by atoms with E-state index in [2.05, 4.69) is 10.00 Å². The molecule has 0 bridgehead atoms. The van der Waals surface area contributed by atoms with Gasteiger partial charge < -0.3 is 10.2 Å². The zero-order valence-electron chi connectivity index (χ0n) is 12.9. The van der Waals surface area contributed by atoms with E-state index >= 15 is 0 Å². The molecule has 1 fully saturated rings. The molecule has 7 nitrogen and oxygen atoms in total. The molecule has 7 heteroatoms. The number of aromatic nitrogens is 2. The van der Waals surface area contributed by atoms with Crippen molar-refractivity contribution in [3.63, 3.8) is 0 Å². The molecule has 22 heavy (non-hydrogen) atoms. The van der Waals surface area contributed by atoms with Crippen LogP contribution in [0.1, 0.15) is 38.2 Å². The molecule has 0 unspecified atom stereocenters.